The standard InChI is InChI=1S/C20H32/c1-19(2,3)20(4)9-15-13-8-14(16(15)10-20)18-12-6-5-11(7-12)17(13)18/h11-18H,5-10H2,1-4H3. The van der Waals surface area contributed by atoms with Crippen LogP contribution in [-0.2, 0) is 0 Å². The third kappa shape index (κ3) is 1.27. The molecule has 8 atom stereocenters. The van der Waals surface area contributed by atoms with Gasteiger partial charge in [0, 0.05) is 0 Å². The molecule has 0 nitrogen and oxygen atoms in total. The summed E-state index contributed by atoms with van der Waals surface area (Å²) in [6, 6.07) is 0. The molecule has 0 aromatic carbocycles. The minimum Gasteiger partial charge on any atom is -0.0597 e. The average Bonchev–Trinajstić information content (AvgIpc) is 3.08. The zero-order valence-electron chi connectivity index (χ0n) is 13.9. The van der Waals surface area contributed by atoms with Gasteiger partial charge in [0.25, 0.3) is 0 Å². The van der Waals surface area contributed by atoms with Gasteiger partial charge in [-0.2, -0.15) is 0 Å². The zero-order chi connectivity index (χ0) is 13.9. The van der Waals surface area contributed by atoms with Gasteiger partial charge in [-0.3, -0.25) is 0 Å². The Kier molecular flexibility index (Phi) is 2.19. The van der Waals surface area contributed by atoms with E-state index in [1.165, 1.54) is 23.7 Å². The average molecular weight is 272 g/mol. The normalized spacial score (nSPS) is 63.0. The Morgan fingerprint density at radius 3 is 1.70 bits per heavy atom. The molecule has 0 aliphatic heterocycles. The lowest BCUT2D eigenvalue weighted by Gasteiger charge is -2.40. The molecule has 5 rings (SSSR count). The molecule has 0 aromatic rings. The highest BCUT2D eigenvalue weighted by Gasteiger charge is 2.68. The van der Waals surface area contributed by atoms with Gasteiger partial charge in [0.05, 0.1) is 0 Å². The molecule has 0 saturated heterocycles. The fourth-order valence-corrected chi connectivity index (χ4v) is 8.18. The van der Waals surface area contributed by atoms with Crippen LogP contribution < -0.4 is 0 Å². The summed E-state index contributed by atoms with van der Waals surface area (Å²) in [4.78, 5) is 0. The molecule has 5 aliphatic rings. The van der Waals surface area contributed by atoms with Gasteiger partial charge in [-0.25, -0.2) is 0 Å². The highest BCUT2D eigenvalue weighted by atomic mass is 14.7. The lowest BCUT2D eigenvalue weighted by molar-refractivity contribution is 0.0716. The highest BCUT2D eigenvalue weighted by molar-refractivity contribution is 5.17. The van der Waals surface area contributed by atoms with Gasteiger partial charge >= 0.3 is 0 Å². The summed E-state index contributed by atoms with van der Waals surface area (Å²) < 4.78 is 0. The van der Waals surface area contributed by atoms with Crippen molar-refractivity contribution in [2.75, 3.05) is 0 Å². The SMILES string of the molecule is CC(C)(C)C1(C)CC2C(C1)C1CC2C2C3CCC(C3)C12. The summed E-state index contributed by atoms with van der Waals surface area (Å²) in [7, 11) is 0. The molecule has 0 aromatic heterocycles. The van der Waals surface area contributed by atoms with Crippen molar-refractivity contribution in [1.29, 1.82) is 0 Å². The Balaban J connectivity index is 1.48. The third-order valence-electron chi connectivity index (χ3n) is 9.41. The maximum atomic E-state index is 2.62. The lowest BCUT2D eigenvalue weighted by Crippen LogP contribution is -2.35. The van der Waals surface area contributed by atoms with Crippen LogP contribution in [-0.4, -0.2) is 0 Å². The smallest absolute Gasteiger partial charge is 0.0272 e. The van der Waals surface area contributed by atoms with Gasteiger partial charge in [-0.15, -0.1) is 0 Å². The van der Waals surface area contributed by atoms with Crippen molar-refractivity contribution >= 4 is 0 Å². The molecule has 0 N–H and O–H groups in total. The Morgan fingerprint density at radius 2 is 1.25 bits per heavy atom. The number of hydrogen-bond donors (Lipinski definition) is 0. The van der Waals surface area contributed by atoms with Crippen molar-refractivity contribution in [2.45, 2.75) is 66.2 Å². The second-order valence-electron chi connectivity index (χ2n) is 10.6. The van der Waals surface area contributed by atoms with Gasteiger partial charge in [0.2, 0.25) is 0 Å². The molecule has 20 heavy (non-hydrogen) atoms. The van der Waals surface area contributed by atoms with E-state index >= 15 is 0 Å². The van der Waals surface area contributed by atoms with Crippen LogP contribution in [0.3, 0.4) is 0 Å². The van der Waals surface area contributed by atoms with Crippen molar-refractivity contribution in [3.8, 4) is 0 Å². The number of hydrogen-bond acceptors (Lipinski definition) is 0. The predicted octanol–water partition coefficient (Wildman–Crippen LogP) is 5.38. The van der Waals surface area contributed by atoms with E-state index in [9.17, 15) is 0 Å². The van der Waals surface area contributed by atoms with Gasteiger partial charge in [0.15, 0.2) is 0 Å². The Morgan fingerprint density at radius 1 is 0.750 bits per heavy atom. The van der Waals surface area contributed by atoms with Crippen LogP contribution in [0.1, 0.15) is 66.2 Å². The van der Waals surface area contributed by atoms with Crippen molar-refractivity contribution in [3.63, 3.8) is 0 Å². The van der Waals surface area contributed by atoms with Crippen molar-refractivity contribution in [3.05, 3.63) is 0 Å². The van der Waals surface area contributed by atoms with Crippen LogP contribution in [0.4, 0.5) is 0 Å². The van der Waals surface area contributed by atoms with E-state index in [0.717, 1.165) is 23.7 Å². The van der Waals surface area contributed by atoms with Crippen LogP contribution in [0.2, 0.25) is 0 Å². The first-order valence-corrected chi connectivity index (χ1v) is 9.39. The highest BCUT2D eigenvalue weighted by Crippen LogP contribution is 2.75. The van der Waals surface area contributed by atoms with Crippen molar-refractivity contribution in [2.24, 2.45) is 58.2 Å². The Labute approximate surface area is 125 Å². The number of rotatable bonds is 0. The molecule has 8 unspecified atom stereocenters. The van der Waals surface area contributed by atoms with Crippen LogP contribution in [0.5, 0.6) is 0 Å². The molecule has 5 fully saturated rings. The molecule has 0 heteroatoms. The van der Waals surface area contributed by atoms with Crippen LogP contribution in [0, 0.1) is 58.2 Å². The van der Waals surface area contributed by atoms with E-state index in [1.807, 2.05) is 0 Å². The molecular formula is C20H32. The summed E-state index contributed by atoms with van der Waals surface area (Å²) in [5.41, 5.74) is 1.13. The lowest BCUT2D eigenvalue weighted by atomic mass is 9.64. The third-order valence-corrected chi connectivity index (χ3v) is 9.41. The predicted molar refractivity (Wildman–Crippen MR) is 83.2 cm³/mol. The van der Waals surface area contributed by atoms with Gasteiger partial charge in [-0.1, -0.05) is 27.7 Å². The molecule has 112 valence electrons. The zero-order valence-corrected chi connectivity index (χ0v) is 13.9. The van der Waals surface area contributed by atoms with E-state index in [0.29, 0.717) is 10.8 Å². The molecule has 0 heterocycles. The summed E-state index contributed by atoms with van der Waals surface area (Å²) in [5, 5.41) is 0. The van der Waals surface area contributed by atoms with Gasteiger partial charge in [0.1, 0.15) is 0 Å². The second kappa shape index (κ2) is 3.49. The fraction of sp³-hybridized carbons (Fsp3) is 1.00. The summed E-state index contributed by atoms with van der Waals surface area (Å²) in [6.45, 7) is 10.1. The van der Waals surface area contributed by atoms with E-state index in [2.05, 4.69) is 27.7 Å². The van der Waals surface area contributed by atoms with Crippen molar-refractivity contribution < 1.29 is 0 Å². The molecule has 0 amide bonds. The minimum absolute atomic E-state index is 0.505. The first-order valence-electron chi connectivity index (χ1n) is 9.39. The topological polar surface area (TPSA) is 0 Å². The largest absolute Gasteiger partial charge is 0.0597 e. The van der Waals surface area contributed by atoms with Crippen LogP contribution in [0.15, 0.2) is 0 Å². The van der Waals surface area contributed by atoms with Gasteiger partial charge < -0.3 is 0 Å². The quantitative estimate of drug-likeness (QED) is 0.520. The van der Waals surface area contributed by atoms with E-state index in [4.69, 9.17) is 0 Å². The fourth-order valence-electron chi connectivity index (χ4n) is 8.18. The maximum Gasteiger partial charge on any atom is -0.0272 e. The molecule has 5 aliphatic carbocycles. The first kappa shape index (κ1) is 12.5. The molecule has 0 radical (unpaired) electrons. The first-order chi connectivity index (χ1) is 9.39. The molecule has 5 saturated carbocycles. The molecule has 0 spiro atoms. The number of fused-ring (bicyclic) bond motifs is 12. The van der Waals surface area contributed by atoms with Gasteiger partial charge in [-0.05, 0) is 96.7 Å². The van der Waals surface area contributed by atoms with E-state index in [1.54, 1.807) is 38.5 Å². The van der Waals surface area contributed by atoms with Crippen LogP contribution >= 0.6 is 0 Å². The van der Waals surface area contributed by atoms with E-state index in [-0.39, 0.29) is 0 Å². The van der Waals surface area contributed by atoms with Crippen molar-refractivity contribution in [1.82, 2.24) is 0 Å². The summed E-state index contributed by atoms with van der Waals surface area (Å²) >= 11 is 0. The molecular weight excluding hydrogens is 240 g/mol. The summed E-state index contributed by atoms with van der Waals surface area (Å²) in [6.07, 6.45) is 9.61. The minimum atomic E-state index is 0.505. The van der Waals surface area contributed by atoms with Crippen LogP contribution in [0.25, 0.3) is 0 Å². The summed E-state index contributed by atoms with van der Waals surface area (Å²) in [5.74, 6) is 9.31. The Hall–Kier alpha value is 0. The maximum absolute atomic E-state index is 2.62. The Bertz CT molecular complexity index is 411. The van der Waals surface area contributed by atoms with E-state index < -0.39 is 0 Å². The monoisotopic (exact) mass is 272 g/mol. The molecule has 4 bridgehead atoms. The second-order valence-corrected chi connectivity index (χ2v) is 10.6.